The van der Waals surface area contributed by atoms with E-state index < -0.39 is 5.41 Å². The van der Waals surface area contributed by atoms with Gasteiger partial charge in [0.25, 0.3) is 0 Å². The molecule has 0 aliphatic carbocycles. The molecule has 1 amide bonds. The lowest BCUT2D eigenvalue weighted by Crippen LogP contribution is -2.44. The van der Waals surface area contributed by atoms with E-state index in [1.807, 2.05) is 36.9 Å². The van der Waals surface area contributed by atoms with E-state index >= 15 is 0 Å². The van der Waals surface area contributed by atoms with E-state index in [9.17, 15) is 9.59 Å². The first-order valence-electron chi connectivity index (χ1n) is 10.1. The summed E-state index contributed by atoms with van der Waals surface area (Å²) in [6.45, 7) is 7.62. The van der Waals surface area contributed by atoms with E-state index in [0.717, 1.165) is 30.8 Å². The molecule has 3 rings (SSSR count). The number of pyridine rings is 1. The Morgan fingerprint density at radius 1 is 1.32 bits per heavy atom. The molecule has 1 aromatic heterocycles. The molecular weight excluding hydrogens is 358 g/mol. The van der Waals surface area contributed by atoms with Gasteiger partial charge in [-0.25, -0.2) is 0 Å². The fourth-order valence-corrected chi connectivity index (χ4v) is 4.62. The molecular formula is C21H31N3O4. The number of esters is 1. The largest absolute Gasteiger partial charge is 0.466 e. The van der Waals surface area contributed by atoms with Crippen LogP contribution in [-0.4, -0.2) is 73.2 Å². The standard InChI is InChI=1S/C21H31N3O4/c1-4-28-20(26)21-9-6-10-24(19(25)14-27-3)12-17(21)11-23(15-21)13-18-8-5-7-16(2)22-18/h5,7-8,17H,4,6,9-15H2,1-3H3/t17-,21+/m1/s1. The van der Waals surface area contributed by atoms with Crippen molar-refractivity contribution in [2.45, 2.75) is 33.2 Å². The number of hydrogen-bond acceptors (Lipinski definition) is 6. The van der Waals surface area contributed by atoms with Gasteiger partial charge in [-0.1, -0.05) is 6.07 Å². The summed E-state index contributed by atoms with van der Waals surface area (Å²) < 4.78 is 10.5. The van der Waals surface area contributed by atoms with Crippen molar-refractivity contribution in [3.8, 4) is 0 Å². The number of methoxy groups -OCH3 is 1. The molecule has 2 saturated heterocycles. The summed E-state index contributed by atoms with van der Waals surface area (Å²) in [6, 6.07) is 6.02. The van der Waals surface area contributed by atoms with E-state index in [1.165, 1.54) is 7.11 Å². The normalized spacial score (nSPS) is 25.2. The quantitative estimate of drug-likeness (QED) is 0.689. The van der Waals surface area contributed by atoms with Gasteiger partial charge in [0.1, 0.15) is 6.61 Å². The van der Waals surface area contributed by atoms with E-state index in [-0.39, 0.29) is 24.4 Å². The van der Waals surface area contributed by atoms with Crippen molar-refractivity contribution in [2.24, 2.45) is 11.3 Å². The molecule has 0 unspecified atom stereocenters. The van der Waals surface area contributed by atoms with Gasteiger partial charge in [-0.3, -0.25) is 19.5 Å². The highest BCUT2D eigenvalue weighted by molar-refractivity contribution is 5.80. The van der Waals surface area contributed by atoms with Crippen LogP contribution in [0.3, 0.4) is 0 Å². The van der Waals surface area contributed by atoms with Crippen molar-refractivity contribution >= 4 is 11.9 Å². The van der Waals surface area contributed by atoms with Crippen LogP contribution in [0, 0.1) is 18.3 Å². The van der Waals surface area contributed by atoms with Gasteiger partial charge in [0.15, 0.2) is 0 Å². The second-order valence-corrected chi connectivity index (χ2v) is 7.89. The predicted molar refractivity (Wildman–Crippen MR) is 104 cm³/mol. The van der Waals surface area contributed by atoms with Crippen LogP contribution in [0.5, 0.6) is 0 Å². The Bertz CT molecular complexity index is 711. The smallest absolute Gasteiger partial charge is 0.313 e. The Morgan fingerprint density at radius 2 is 2.14 bits per heavy atom. The number of amides is 1. The Balaban J connectivity index is 1.81. The summed E-state index contributed by atoms with van der Waals surface area (Å²) in [6.07, 6.45) is 1.53. The van der Waals surface area contributed by atoms with Crippen molar-refractivity contribution in [3.05, 3.63) is 29.6 Å². The van der Waals surface area contributed by atoms with Crippen molar-refractivity contribution in [1.82, 2.24) is 14.8 Å². The number of aryl methyl sites for hydroxylation is 1. The van der Waals surface area contributed by atoms with Crippen LogP contribution < -0.4 is 0 Å². The summed E-state index contributed by atoms with van der Waals surface area (Å²) in [5.41, 5.74) is 1.44. The monoisotopic (exact) mass is 389 g/mol. The minimum atomic E-state index is -0.554. The number of hydrogen-bond donors (Lipinski definition) is 0. The number of carbonyl (C=O) groups excluding carboxylic acids is 2. The lowest BCUT2D eigenvalue weighted by atomic mass is 9.75. The highest BCUT2D eigenvalue weighted by atomic mass is 16.5. The molecule has 0 N–H and O–H groups in total. The van der Waals surface area contributed by atoms with Crippen LogP contribution in [0.1, 0.15) is 31.2 Å². The molecule has 0 bridgehead atoms. The molecule has 2 aliphatic heterocycles. The third-order valence-corrected chi connectivity index (χ3v) is 5.89. The summed E-state index contributed by atoms with van der Waals surface area (Å²) >= 11 is 0. The molecule has 7 nitrogen and oxygen atoms in total. The first kappa shape index (κ1) is 20.7. The minimum absolute atomic E-state index is 0.0130. The zero-order valence-corrected chi connectivity index (χ0v) is 17.1. The number of aromatic nitrogens is 1. The molecule has 0 aromatic carbocycles. The summed E-state index contributed by atoms with van der Waals surface area (Å²) in [4.78, 5) is 34.2. The maximum absolute atomic E-state index is 13.0. The van der Waals surface area contributed by atoms with Crippen LogP contribution in [0.2, 0.25) is 0 Å². The number of likely N-dealkylation sites (tertiary alicyclic amines) is 2. The second-order valence-electron chi connectivity index (χ2n) is 7.89. The number of nitrogens with zero attached hydrogens (tertiary/aromatic N) is 3. The topological polar surface area (TPSA) is 72.0 Å². The van der Waals surface area contributed by atoms with Gasteiger partial charge in [-0.15, -0.1) is 0 Å². The zero-order chi connectivity index (χ0) is 20.1. The van der Waals surface area contributed by atoms with E-state index in [1.54, 1.807) is 0 Å². The number of rotatable bonds is 6. The minimum Gasteiger partial charge on any atom is -0.466 e. The van der Waals surface area contributed by atoms with Crippen LogP contribution in [0.4, 0.5) is 0 Å². The maximum atomic E-state index is 13.0. The maximum Gasteiger partial charge on any atom is 0.313 e. The first-order chi connectivity index (χ1) is 13.5. The molecule has 0 radical (unpaired) electrons. The summed E-state index contributed by atoms with van der Waals surface area (Å²) in [5.74, 6) is -0.0821. The molecule has 0 spiro atoms. The lowest BCUT2D eigenvalue weighted by molar-refractivity contribution is -0.158. The summed E-state index contributed by atoms with van der Waals surface area (Å²) in [5, 5.41) is 0. The van der Waals surface area contributed by atoms with Crippen LogP contribution in [-0.2, 0) is 25.6 Å². The van der Waals surface area contributed by atoms with Crippen molar-refractivity contribution < 1.29 is 19.1 Å². The number of ether oxygens (including phenoxy) is 2. The Morgan fingerprint density at radius 3 is 2.86 bits per heavy atom. The van der Waals surface area contributed by atoms with E-state index in [4.69, 9.17) is 9.47 Å². The first-order valence-corrected chi connectivity index (χ1v) is 10.1. The van der Waals surface area contributed by atoms with Gasteiger partial charge in [0.05, 0.1) is 17.7 Å². The molecule has 154 valence electrons. The van der Waals surface area contributed by atoms with Gasteiger partial charge in [-0.05, 0) is 38.8 Å². The van der Waals surface area contributed by atoms with Crippen molar-refractivity contribution in [2.75, 3.05) is 46.5 Å². The Labute approximate surface area is 167 Å². The van der Waals surface area contributed by atoms with Gasteiger partial charge < -0.3 is 14.4 Å². The van der Waals surface area contributed by atoms with Gasteiger partial charge in [0, 0.05) is 51.4 Å². The lowest BCUT2D eigenvalue weighted by Gasteiger charge is -2.31. The number of carbonyl (C=O) groups is 2. The SMILES string of the molecule is CCOC(=O)[C@]12CCCN(C(=O)COC)C[C@H]1CN(Cc1cccc(C)n1)C2. The molecule has 28 heavy (non-hydrogen) atoms. The fourth-order valence-electron chi connectivity index (χ4n) is 4.62. The van der Waals surface area contributed by atoms with E-state index in [0.29, 0.717) is 32.8 Å². The summed E-state index contributed by atoms with van der Waals surface area (Å²) in [7, 11) is 1.53. The van der Waals surface area contributed by atoms with Crippen LogP contribution >= 0.6 is 0 Å². The van der Waals surface area contributed by atoms with Gasteiger partial charge in [-0.2, -0.15) is 0 Å². The Kier molecular flexibility index (Phi) is 6.67. The van der Waals surface area contributed by atoms with E-state index in [2.05, 4.69) is 9.88 Å². The molecule has 1 aromatic rings. The van der Waals surface area contributed by atoms with Crippen molar-refractivity contribution in [1.29, 1.82) is 0 Å². The third kappa shape index (κ3) is 4.36. The van der Waals surface area contributed by atoms with Gasteiger partial charge in [0.2, 0.25) is 5.91 Å². The number of fused-ring (bicyclic) bond motifs is 1. The molecule has 0 saturated carbocycles. The highest BCUT2D eigenvalue weighted by Crippen LogP contribution is 2.44. The molecule has 3 heterocycles. The molecule has 2 fully saturated rings. The average molecular weight is 389 g/mol. The van der Waals surface area contributed by atoms with Crippen LogP contribution in [0.15, 0.2) is 18.2 Å². The Hall–Kier alpha value is -1.99. The predicted octanol–water partition coefficient (Wildman–Crippen LogP) is 1.64. The molecule has 2 atom stereocenters. The third-order valence-electron chi connectivity index (χ3n) is 5.89. The highest BCUT2D eigenvalue weighted by Gasteiger charge is 2.54. The fraction of sp³-hybridized carbons (Fsp3) is 0.667. The zero-order valence-electron chi connectivity index (χ0n) is 17.1. The second kappa shape index (κ2) is 9.01. The molecule has 2 aliphatic rings. The average Bonchev–Trinajstić information content (AvgIpc) is 2.88. The van der Waals surface area contributed by atoms with Crippen molar-refractivity contribution in [3.63, 3.8) is 0 Å². The molecule has 7 heteroatoms. The van der Waals surface area contributed by atoms with Crippen LogP contribution in [0.25, 0.3) is 0 Å². The van der Waals surface area contributed by atoms with Gasteiger partial charge >= 0.3 is 5.97 Å².